The van der Waals surface area contributed by atoms with E-state index in [0.29, 0.717) is 5.41 Å². The van der Waals surface area contributed by atoms with E-state index in [4.69, 9.17) is 4.74 Å². The summed E-state index contributed by atoms with van der Waals surface area (Å²) in [5, 5.41) is 12.7. The Morgan fingerprint density at radius 3 is 3.13 bits per heavy atom. The van der Waals surface area contributed by atoms with Gasteiger partial charge in [-0.15, -0.1) is 0 Å². The molecule has 1 aromatic rings. The zero-order valence-electron chi connectivity index (χ0n) is 8.57. The summed E-state index contributed by atoms with van der Waals surface area (Å²) >= 11 is 0. The van der Waals surface area contributed by atoms with Gasteiger partial charge in [-0.05, 0) is 31.0 Å². The van der Waals surface area contributed by atoms with Crippen LogP contribution in [-0.2, 0) is 0 Å². The van der Waals surface area contributed by atoms with Crippen LogP contribution in [-0.4, -0.2) is 24.8 Å². The van der Waals surface area contributed by atoms with Crippen LogP contribution in [0.3, 0.4) is 0 Å². The predicted molar refractivity (Wildman–Crippen MR) is 57.0 cm³/mol. The summed E-state index contributed by atoms with van der Waals surface area (Å²) in [6, 6.07) is 7.01. The summed E-state index contributed by atoms with van der Waals surface area (Å²) in [5.41, 5.74) is 0.394. The van der Waals surface area contributed by atoms with E-state index in [1.807, 2.05) is 6.07 Å². The number of piperidine rings is 1. The van der Waals surface area contributed by atoms with Gasteiger partial charge in [-0.2, -0.15) is 0 Å². The van der Waals surface area contributed by atoms with Gasteiger partial charge in [-0.3, -0.25) is 0 Å². The lowest BCUT2D eigenvalue weighted by Gasteiger charge is -2.13. The highest BCUT2D eigenvalue weighted by Crippen LogP contribution is 2.54. The molecular formula is C12H15NO2. The van der Waals surface area contributed by atoms with Crippen LogP contribution in [0.4, 0.5) is 0 Å². The van der Waals surface area contributed by atoms with Gasteiger partial charge in [0, 0.05) is 18.0 Å². The average molecular weight is 205 g/mol. The van der Waals surface area contributed by atoms with Crippen LogP contribution in [0.15, 0.2) is 24.3 Å². The molecule has 0 radical (unpaired) electrons. The monoisotopic (exact) mass is 205 g/mol. The molecule has 3 nitrogen and oxygen atoms in total. The fourth-order valence-electron chi connectivity index (χ4n) is 2.46. The molecule has 1 saturated heterocycles. The Morgan fingerprint density at radius 1 is 1.53 bits per heavy atom. The summed E-state index contributed by atoms with van der Waals surface area (Å²) in [4.78, 5) is 0. The molecule has 15 heavy (non-hydrogen) atoms. The number of phenolic OH excluding ortho intramolecular Hbond substituents is 1. The lowest BCUT2D eigenvalue weighted by atomic mass is 10.1. The number of fused-ring (bicyclic) bond motifs is 1. The summed E-state index contributed by atoms with van der Waals surface area (Å²) in [7, 11) is 0. The molecule has 0 spiro atoms. The van der Waals surface area contributed by atoms with Crippen molar-refractivity contribution in [3.05, 3.63) is 24.3 Å². The number of rotatable bonds is 3. The second kappa shape index (κ2) is 3.14. The highest BCUT2D eigenvalue weighted by molar-refractivity contribution is 5.32. The maximum Gasteiger partial charge on any atom is 0.123 e. The number of hydrogen-bond acceptors (Lipinski definition) is 3. The molecule has 80 valence electrons. The Hall–Kier alpha value is -1.22. The first-order valence-electron chi connectivity index (χ1n) is 5.41. The van der Waals surface area contributed by atoms with Crippen molar-refractivity contribution in [2.45, 2.75) is 6.42 Å². The lowest BCUT2D eigenvalue weighted by molar-refractivity contribution is 0.235. The first kappa shape index (κ1) is 9.04. The Labute approximate surface area is 89.1 Å². The van der Waals surface area contributed by atoms with E-state index >= 15 is 0 Å². The van der Waals surface area contributed by atoms with Crippen LogP contribution in [0.1, 0.15) is 6.42 Å². The second-order valence-electron chi connectivity index (χ2n) is 4.68. The molecule has 2 fully saturated rings. The maximum atomic E-state index is 9.29. The van der Waals surface area contributed by atoms with Crippen LogP contribution in [0, 0.1) is 11.3 Å². The topological polar surface area (TPSA) is 41.5 Å². The van der Waals surface area contributed by atoms with Crippen molar-refractivity contribution in [1.29, 1.82) is 0 Å². The maximum absolute atomic E-state index is 9.29. The van der Waals surface area contributed by atoms with Crippen LogP contribution in [0.5, 0.6) is 11.5 Å². The van der Waals surface area contributed by atoms with Gasteiger partial charge in [0.2, 0.25) is 0 Å². The Bertz CT molecular complexity index is 380. The van der Waals surface area contributed by atoms with E-state index in [0.717, 1.165) is 31.4 Å². The average Bonchev–Trinajstić information content (AvgIpc) is 2.79. The van der Waals surface area contributed by atoms with Gasteiger partial charge in [0.05, 0.1) is 6.61 Å². The van der Waals surface area contributed by atoms with Crippen LogP contribution < -0.4 is 10.1 Å². The van der Waals surface area contributed by atoms with Crippen LogP contribution in [0.2, 0.25) is 0 Å². The smallest absolute Gasteiger partial charge is 0.123 e. The van der Waals surface area contributed by atoms with E-state index < -0.39 is 0 Å². The van der Waals surface area contributed by atoms with Gasteiger partial charge >= 0.3 is 0 Å². The Kier molecular flexibility index (Phi) is 1.89. The Balaban J connectivity index is 1.62. The van der Waals surface area contributed by atoms with Crippen LogP contribution >= 0.6 is 0 Å². The van der Waals surface area contributed by atoms with E-state index in [2.05, 4.69) is 5.32 Å². The molecule has 1 heterocycles. The largest absolute Gasteiger partial charge is 0.508 e. The van der Waals surface area contributed by atoms with Gasteiger partial charge in [-0.1, -0.05) is 6.07 Å². The molecule has 2 unspecified atom stereocenters. The minimum Gasteiger partial charge on any atom is -0.508 e. The van der Waals surface area contributed by atoms with E-state index in [1.54, 1.807) is 18.2 Å². The quantitative estimate of drug-likeness (QED) is 0.783. The molecular weight excluding hydrogens is 190 g/mol. The molecule has 2 aliphatic rings. The molecule has 3 heteroatoms. The zero-order valence-corrected chi connectivity index (χ0v) is 8.57. The summed E-state index contributed by atoms with van der Waals surface area (Å²) in [6.07, 6.45) is 1.29. The Morgan fingerprint density at radius 2 is 2.47 bits per heavy atom. The highest BCUT2D eigenvalue weighted by atomic mass is 16.5. The predicted octanol–water partition coefficient (Wildman–Crippen LogP) is 1.38. The van der Waals surface area contributed by atoms with Crippen molar-refractivity contribution in [2.24, 2.45) is 11.3 Å². The van der Waals surface area contributed by atoms with Crippen molar-refractivity contribution >= 4 is 0 Å². The van der Waals surface area contributed by atoms with Crippen molar-refractivity contribution in [3.8, 4) is 11.5 Å². The minimum absolute atomic E-state index is 0.266. The molecule has 1 aliphatic carbocycles. The summed E-state index contributed by atoms with van der Waals surface area (Å²) < 4.78 is 5.72. The van der Waals surface area contributed by atoms with Crippen LogP contribution in [0.25, 0.3) is 0 Å². The van der Waals surface area contributed by atoms with E-state index in [-0.39, 0.29) is 5.75 Å². The van der Waals surface area contributed by atoms with E-state index in [1.165, 1.54) is 6.42 Å². The van der Waals surface area contributed by atoms with Gasteiger partial charge in [-0.25, -0.2) is 0 Å². The highest BCUT2D eigenvalue weighted by Gasteiger charge is 2.57. The molecule has 0 amide bonds. The number of aromatic hydroxyl groups is 1. The normalized spacial score (nSPS) is 32.4. The van der Waals surface area contributed by atoms with Gasteiger partial charge in [0.1, 0.15) is 11.5 Å². The third-order valence-electron chi connectivity index (χ3n) is 3.57. The first-order chi connectivity index (χ1) is 7.28. The number of phenols is 1. The van der Waals surface area contributed by atoms with Crippen molar-refractivity contribution in [1.82, 2.24) is 5.32 Å². The molecule has 1 saturated carbocycles. The van der Waals surface area contributed by atoms with Crippen molar-refractivity contribution in [3.63, 3.8) is 0 Å². The number of hydrogen-bond donors (Lipinski definition) is 2. The third kappa shape index (κ3) is 1.57. The minimum atomic E-state index is 0.266. The van der Waals surface area contributed by atoms with Gasteiger partial charge in [0.25, 0.3) is 0 Å². The van der Waals surface area contributed by atoms with Crippen molar-refractivity contribution < 1.29 is 9.84 Å². The molecule has 2 atom stereocenters. The van der Waals surface area contributed by atoms with Crippen molar-refractivity contribution in [2.75, 3.05) is 19.7 Å². The molecule has 0 bridgehead atoms. The fourth-order valence-corrected chi connectivity index (χ4v) is 2.46. The first-order valence-corrected chi connectivity index (χ1v) is 5.41. The van der Waals surface area contributed by atoms with E-state index in [9.17, 15) is 5.11 Å². The summed E-state index contributed by atoms with van der Waals surface area (Å²) in [6.45, 7) is 2.99. The fraction of sp³-hybridized carbons (Fsp3) is 0.500. The SMILES string of the molecule is Oc1cccc(OCC23CNCC2C3)c1. The zero-order chi connectivity index (χ0) is 10.3. The molecule has 1 aromatic carbocycles. The number of benzene rings is 1. The molecule has 0 aromatic heterocycles. The van der Waals surface area contributed by atoms with Gasteiger partial charge in [0.15, 0.2) is 0 Å². The molecule has 3 rings (SSSR count). The number of ether oxygens (including phenoxy) is 1. The second-order valence-corrected chi connectivity index (χ2v) is 4.68. The van der Waals surface area contributed by atoms with Gasteiger partial charge < -0.3 is 15.2 Å². The standard InChI is InChI=1S/C12H15NO2/c14-10-2-1-3-11(4-10)15-8-12-5-9(12)6-13-7-12/h1-4,9,13-14H,5-8H2. The lowest BCUT2D eigenvalue weighted by Crippen LogP contribution is -2.21. The molecule has 2 N–H and O–H groups in total. The number of nitrogens with one attached hydrogen (secondary N) is 1. The third-order valence-corrected chi connectivity index (χ3v) is 3.57. The summed E-state index contributed by atoms with van der Waals surface area (Å²) in [5.74, 6) is 1.85. The molecule has 1 aliphatic heterocycles.